The minimum absolute atomic E-state index is 0.0856. The molecule has 0 radical (unpaired) electrons. The van der Waals surface area contributed by atoms with Crippen molar-refractivity contribution in [3.8, 4) is 0 Å². The van der Waals surface area contributed by atoms with Gasteiger partial charge in [-0.15, -0.1) is 0 Å². The number of carbonyl (C=O) groups excluding carboxylic acids is 1. The zero-order chi connectivity index (χ0) is 13.5. The van der Waals surface area contributed by atoms with E-state index in [9.17, 15) is 4.79 Å². The van der Waals surface area contributed by atoms with Crippen LogP contribution in [0.3, 0.4) is 0 Å². The molecule has 1 fully saturated rings. The summed E-state index contributed by atoms with van der Waals surface area (Å²) in [7, 11) is 4.20. The van der Waals surface area contributed by atoms with Crippen LogP contribution in [-0.2, 0) is 4.79 Å². The van der Waals surface area contributed by atoms with Crippen LogP contribution in [0, 0.1) is 0 Å². The minimum atomic E-state index is -0.0856. The third-order valence-corrected chi connectivity index (χ3v) is 3.54. The summed E-state index contributed by atoms with van der Waals surface area (Å²) < 4.78 is 0. The highest BCUT2D eigenvalue weighted by Gasteiger charge is 2.22. The Hall–Kier alpha value is -0.690. The smallest absolute Gasteiger partial charge is 0.235 e. The number of piperazine rings is 1. The lowest BCUT2D eigenvalue weighted by Crippen LogP contribution is -2.51. The molecule has 1 aliphatic heterocycles. The van der Waals surface area contributed by atoms with E-state index in [0.717, 1.165) is 39.3 Å². The van der Waals surface area contributed by atoms with E-state index in [-0.39, 0.29) is 11.9 Å². The van der Waals surface area contributed by atoms with E-state index in [4.69, 9.17) is 5.84 Å². The number of amides is 1. The van der Waals surface area contributed by atoms with Crippen LogP contribution in [0.25, 0.3) is 0 Å². The van der Waals surface area contributed by atoms with E-state index in [2.05, 4.69) is 41.1 Å². The maximum Gasteiger partial charge on any atom is 0.235 e. The quantitative estimate of drug-likeness (QED) is 0.360. The first kappa shape index (κ1) is 15.4. The highest BCUT2D eigenvalue weighted by molar-refractivity contribution is 5.75. The van der Waals surface area contributed by atoms with Crippen LogP contribution in [0.15, 0.2) is 0 Å². The predicted molar refractivity (Wildman–Crippen MR) is 73.0 cm³/mol. The Morgan fingerprint density at radius 2 is 1.94 bits per heavy atom. The molecule has 1 rings (SSSR count). The molecule has 1 aliphatic rings. The van der Waals surface area contributed by atoms with Gasteiger partial charge in [-0.3, -0.25) is 20.0 Å². The summed E-state index contributed by atoms with van der Waals surface area (Å²) in [4.78, 5) is 18.3. The Bertz CT molecular complexity index is 251. The number of nitrogens with one attached hydrogen (secondary N) is 1. The van der Waals surface area contributed by atoms with E-state index < -0.39 is 0 Å². The van der Waals surface area contributed by atoms with Crippen LogP contribution in [0.2, 0.25) is 0 Å². The molecule has 6 nitrogen and oxygen atoms in total. The third-order valence-electron chi connectivity index (χ3n) is 3.54. The van der Waals surface area contributed by atoms with Gasteiger partial charge in [-0.1, -0.05) is 0 Å². The first-order valence-corrected chi connectivity index (χ1v) is 6.63. The van der Waals surface area contributed by atoms with Gasteiger partial charge in [0.05, 0.1) is 0 Å². The van der Waals surface area contributed by atoms with Crippen LogP contribution in [0.5, 0.6) is 0 Å². The molecule has 1 heterocycles. The van der Waals surface area contributed by atoms with Gasteiger partial charge in [0.1, 0.15) is 0 Å². The van der Waals surface area contributed by atoms with Crippen molar-refractivity contribution >= 4 is 5.91 Å². The maximum atomic E-state index is 11.2. The molecule has 0 aromatic heterocycles. The van der Waals surface area contributed by atoms with Gasteiger partial charge in [0.2, 0.25) is 5.91 Å². The second kappa shape index (κ2) is 7.68. The summed E-state index contributed by atoms with van der Waals surface area (Å²) in [6, 6.07) is 0.268. The zero-order valence-electron chi connectivity index (χ0n) is 11.9. The lowest BCUT2D eigenvalue weighted by atomic mass is 10.1. The minimum Gasteiger partial charge on any atom is -0.308 e. The van der Waals surface area contributed by atoms with Gasteiger partial charge in [-0.2, -0.15) is 0 Å². The molecule has 1 amide bonds. The molecule has 18 heavy (non-hydrogen) atoms. The molecule has 3 N–H and O–H groups in total. The topological polar surface area (TPSA) is 64.8 Å². The Morgan fingerprint density at radius 1 is 1.33 bits per heavy atom. The van der Waals surface area contributed by atoms with Gasteiger partial charge in [0.25, 0.3) is 0 Å². The largest absolute Gasteiger partial charge is 0.308 e. The van der Waals surface area contributed by atoms with Crippen LogP contribution >= 0.6 is 0 Å². The standard InChI is InChI=1S/C12H27N5O/c1-11(10-12(18)14-13)17-8-6-16(7-9-17)5-4-15(2)3/h11H,4-10,13H2,1-3H3,(H,14,18). The van der Waals surface area contributed by atoms with Crippen molar-refractivity contribution in [3.05, 3.63) is 0 Å². The van der Waals surface area contributed by atoms with E-state index in [1.54, 1.807) is 0 Å². The second-order valence-electron chi connectivity index (χ2n) is 5.30. The normalized spacial score (nSPS) is 20.1. The molecular formula is C12H27N5O. The third kappa shape index (κ3) is 5.30. The molecular weight excluding hydrogens is 230 g/mol. The van der Waals surface area contributed by atoms with Crippen molar-refractivity contribution in [1.29, 1.82) is 0 Å². The van der Waals surface area contributed by atoms with E-state index in [0.29, 0.717) is 6.42 Å². The van der Waals surface area contributed by atoms with Crippen LogP contribution in [0.1, 0.15) is 13.3 Å². The van der Waals surface area contributed by atoms with E-state index in [1.807, 2.05) is 0 Å². The average molecular weight is 257 g/mol. The number of carbonyl (C=O) groups is 1. The molecule has 1 unspecified atom stereocenters. The number of hydrogen-bond donors (Lipinski definition) is 2. The fraction of sp³-hybridized carbons (Fsp3) is 0.917. The van der Waals surface area contributed by atoms with Gasteiger partial charge in [-0.25, -0.2) is 5.84 Å². The van der Waals surface area contributed by atoms with Crippen molar-refractivity contribution in [2.45, 2.75) is 19.4 Å². The molecule has 0 spiro atoms. The fourth-order valence-corrected chi connectivity index (χ4v) is 2.23. The first-order valence-electron chi connectivity index (χ1n) is 6.63. The highest BCUT2D eigenvalue weighted by Crippen LogP contribution is 2.08. The summed E-state index contributed by atoms with van der Waals surface area (Å²) in [5.41, 5.74) is 2.19. The number of likely N-dealkylation sites (N-methyl/N-ethyl adjacent to an activating group) is 1. The SMILES string of the molecule is CC(CC(=O)NN)N1CCN(CCN(C)C)CC1. The summed E-state index contributed by atoms with van der Waals surface area (Å²) in [6.07, 6.45) is 0.480. The molecule has 0 aromatic carbocycles. The average Bonchev–Trinajstić information content (AvgIpc) is 2.36. The number of hydrogen-bond acceptors (Lipinski definition) is 5. The molecule has 6 heteroatoms. The predicted octanol–water partition coefficient (Wildman–Crippen LogP) is -1.07. The Labute approximate surface area is 110 Å². The molecule has 0 aliphatic carbocycles. The molecule has 0 aromatic rings. The van der Waals surface area contributed by atoms with Crippen molar-refractivity contribution in [3.63, 3.8) is 0 Å². The molecule has 1 saturated heterocycles. The maximum absolute atomic E-state index is 11.2. The molecule has 1 atom stereocenters. The number of rotatable bonds is 6. The van der Waals surface area contributed by atoms with Gasteiger partial charge in [0.15, 0.2) is 0 Å². The van der Waals surface area contributed by atoms with Crippen molar-refractivity contribution in [2.24, 2.45) is 5.84 Å². The highest BCUT2D eigenvalue weighted by atomic mass is 16.2. The second-order valence-corrected chi connectivity index (χ2v) is 5.30. The summed E-state index contributed by atoms with van der Waals surface area (Å²) in [5, 5.41) is 0. The fourth-order valence-electron chi connectivity index (χ4n) is 2.23. The van der Waals surface area contributed by atoms with E-state index in [1.165, 1.54) is 0 Å². The van der Waals surface area contributed by atoms with Crippen molar-refractivity contribution in [1.82, 2.24) is 20.1 Å². The van der Waals surface area contributed by atoms with Crippen LogP contribution in [-0.4, -0.2) is 80.0 Å². The lowest BCUT2D eigenvalue weighted by Gasteiger charge is -2.38. The number of hydrazine groups is 1. The molecule has 106 valence electrons. The molecule has 0 bridgehead atoms. The summed E-state index contributed by atoms with van der Waals surface area (Å²) in [5.74, 6) is 5.02. The van der Waals surface area contributed by atoms with Crippen molar-refractivity contribution in [2.75, 3.05) is 53.4 Å². The lowest BCUT2D eigenvalue weighted by molar-refractivity contribution is -0.122. The van der Waals surface area contributed by atoms with Gasteiger partial charge in [0, 0.05) is 51.7 Å². The summed E-state index contributed by atoms with van der Waals surface area (Å²) >= 11 is 0. The monoisotopic (exact) mass is 257 g/mol. The van der Waals surface area contributed by atoms with Crippen LogP contribution < -0.4 is 11.3 Å². The Balaban J connectivity index is 2.24. The number of nitrogens with two attached hydrogens (primary N) is 1. The van der Waals surface area contributed by atoms with Gasteiger partial charge in [-0.05, 0) is 21.0 Å². The Kier molecular flexibility index (Phi) is 6.56. The molecule has 0 saturated carbocycles. The number of nitrogens with zero attached hydrogens (tertiary/aromatic N) is 3. The van der Waals surface area contributed by atoms with Gasteiger partial charge < -0.3 is 4.90 Å². The van der Waals surface area contributed by atoms with Crippen molar-refractivity contribution < 1.29 is 4.79 Å². The Morgan fingerprint density at radius 3 is 2.44 bits per heavy atom. The van der Waals surface area contributed by atoms with Crippen LogP contribution in [0.4, 0.5) is 0 Å². The van der Waals surface area contributed by atoms with E-state index >= 15 is 0 Å². The first-order chi connectivity index (χ1) is 8.52. The zero-order valence-corrected chi connectivity index (χ0v) is 11.9. The van der Waals surface area contributed by atoms with Gasteiger partial charge >= 0.3 is 0 Å². The summed E-state index contributed by atoms with van der Waals surface area (Å²) in [6.45, 7) is 8.55.